The molecule has 0 aliphatic carbocycles. The number of nitrogens with one attached hydrogen (secondary N) is 1. The molecule has 0 unspecified atom stereocenters. The van der Waals surface area contributed by atoms with E-state index in [9.17, 15) is 0 Å². The third kappa shape index (κ3) is 2.88. The number of halogens is 1. The highest BCUT2D eigenvalue weighted by molar-refractivity contribution is 6.30. The smallest absolute Gasteiger partial charge is 0.124 e. The Labute approximate surface area is 101 Å². The molecule has 2 rings (SSSR count). The van der Waals surface area contributed by atoms with Crippen molar-refractivity contribution in [3.8, 4) is 5.75 Å². The van der Waals surface area contributed by atoms with Crippen molar-refractivity contribution in [1.82, 2.24) is 10.2 Å². The molecule has 1 N–H and O–H groups in total. The van der Waals surface area contributed by atoms with E-state index in [1.807, 2.05) is 18.2 Å². The second-order valence-corrected chi connectivity index (χ2v) is 4.42. The van der Waals surface area contributed by atoms with Gasteiger partial charge in [0.05, 0.1) is 7.11 Å². The third-order valence-electron chi connectivity index (χ3n) is 2.85. The quantitative estimate of drug-likeness (QED) is 0.872. The number of rotatable bonds is 3. The van der Waals surface area contributed by atoms with Gasteiger partial charge in [-0.25, -0.2) is 0 Å². The van der Waals surface area contributed by atoms with E-state index in [4.69, 9.17) is 16.3 Å². The Hall–Kier alpha value is -0.770. The number of hydrogen-bond donors (Lipinski definition) is 1. The van der Waals surface area contributed by atoms with Crippen LogP contribution in [-0.2, 0) is 6.54 Å². The monoisotopic (exact) mass is 240 g/mol. The highest BCUT2D eigenvalue weighted by atomic mass is 35.5. The summed E-state index contributed by atoms with van der Waals surface area (Å²) in [5.41, 5.74) is 1.20. The van der Waals surface area contributed by atoms with E-state index in [0.29, 0.717) is 0 Å². The van der Waals surface area contributed by atoms with Crippen LogP contribution in [0.1, 0.15) is 5.56 Å². The predicted molar refractivity (Wildman–Crippen MR) is 66.2 cm³/mol. The molecule has 1 heterocycles. The predicted octanol–water partition coefficient (Wildman–Crippen LogP) is 1.75. The Morgan fingerprint density at radius 3 is 2.81 bits per heavy atom. The summed E-state index contributed by atoms with van der Waals surface area (Å²) in [6, 6.07) is 5.84. The van der Waals surface area contributed by atoms with E-state index in [1.54, 1.807) is 7.11 Å². The van der Waals surface area contributed by atoms with Gasteiger partial charge in [-0.2, -0.15) is 0 Å². The lowest BCUT2D eigenvalue weighted by Gasteiger charge is -2.27. The van der Waals surface area contributed by atoms with Crippen LogP contribution in [0.4, 0.5) is 0 Å². The fourth-order valence-corrected chi connectivity index (χ4v) is 2.12. The van der Waals surface area contributed by atoms with Crippen molar-refractivity contribution in [3.63, 3.8) is 0 Å². The number of nitrogens with zero attached hydrogens (tertiary/aromatic N) is 1. The molecule has 1 aromatic carbocycles. The first kappa shape index (κ1) is 11.7. The Morgan fingerprint density at radius 2 is 2.12 bits per heavy atom. The molecule has 1 fully saturated rings. The molecular formula is C12H17ClN2O. The lowest BCUT2D eigenvalue weighted by Crippen LogP contribution is -2.42. The second-order valence-electron chi connectivity index (χ2n) is 3.98. The first-order valence-corrected chi connectivity index (χ1v) is 5.93. The molecule has 1 aromatic rings. The molecule has 1 aliphatic rings. The fourth-order valence-electron chi connectivity index (χ4n) is 1.96. The molecular weight excluding hydrogens is 224 g/mol. The van der Waals surface area contributed by atoms with Crippen molar-refractivity contribution in [2.75, 3.05) is 33.3 Å². The topological polar surface area (TPSA) is 24.5 Å². The van der Waals surface area contributed by atoms with Crippen molar-refractivity contribution < 1.29 is 4.74 Å². The van der Waals surface area contributed by atoms with Gasteiger partial charge >= 0.3 is 0 Å². The Balaban J connectivity index is 2.07. The molecule has 0 spiro atoms. The summed E-state index contributed by atoms with van der Waals surface area (Å²) in [5, 5.41) is 4.07. The van der Waals surface area contributed by atoms with Crippen LogP contribution in [0.5, 0.6) is 5.75 Å². The maximum absolute atomic E-state index is 5.93. The molecule has 0 amide bonds. The molecule has 0 aromatic heterocycles. The second kappa shape index (κ2) is 5.53. The normalized spacial score (nSPS) is 17.4. The van der Waals surface area contributed by atoms with Gasteiger partial charge in [-0.3, -0.25) is 4.90 Å². The lowest BCUT2D eigenvalue weighted by atomic mass is 10.1. The maximum atomic E-state index is 5.93. The van der Waals surface area contributed by atoms with Gasteiger partial charge in [-0.15, -0.1) is 0 Å². The van der Waals surface area contributed by atoms with Gasteiger partial charge in [-0.1, -0.05) is 17.7 Å². The highest BCUT2D eigenvalue weighted by Gasteiger charge is 2.12. The first-order chi connectivity index (χ1) is 7.79. The van der Waals surface area contributed by atoms with Crippen LogP contribution >= 0.6 is 11.6 Å². The maximum Gasteiger partial charge on any atom is 0.124 e. The minimum absolute atomic E-state index is 0.723. The Kier molecular flexibility index (Phi) is 4.04. The van der Waals surface area contributed by atoms with Gasteiger partial charge < -0.3 is 10.1 Å². The van der Waals surface area contributed by atoms with Gasteiger partial charge in [0.15, 0.2) is 0 Å². The van der Waals surface area contributed by atoms with Crippen LogP contribution in [0, 0.1) is 0 Å². The Bertz CT molecular complexity index is 351. The van der Waals surface area contributed by atoms with Gasteiger partial charge in [0, 0.05) is 43.3 Å². The summed E-state index contributed by atoms with van der Waals surface area (Å²) in [6.07, 6.45) is 0. The average molecular weight is 241 g/mol. The summed E-state index contributed by atoms with van der Waals surface area (Å²) in [4.78, 5) is 2.42. The number of hydrogen-bond acceptors (Lipinski definition) is 3. The minimum atomic E-state index is 0.723. The summed E-state index contributed by atoms with van der Waals surface area (Å²) in [6.45, 7) is 5.24. The SMILES string of the molecule is COc1cc(Cl)ccc1CN1CCNCC1. The van der Waals surface area contributed by atoms with Crippen LogP contribution in [0.3, 0.4) is 0 Å². The van der Waals surface area contributed by atoms with Crippen LogP contribution in [0.25, 0.3) is 0 Å². The highest BCUT2D eigenvalue weighted by Crippen LogP contribution is 2.24. The average Bonchev–Trinajstić information content (AvgIpc) is 2.33. The number of piperazine rings is 1. The molecule has 4 heteroatoms. The largest absolute Gasteiger partial charge is 0.496 e. The van der Waals surface area contributed by atoms with Crippen LogP contribution < -0.4 is 10.1 Å². The molecule has 0 radical (unpaired) electrons. The van der Waals surface area contributed by atoms with Crippen molar-refractivity contribution in [2.45, 2.75) is 6.54 Å². The van der Waals surface area contributed by atoms with Crippen molar-refractivity contribution in [2.24, 2.45) is 0 Å². The fraction of sp³-hybridized carbons (Fsp3) is 0.500. The van der Waals surface area contributed by atoms with Crippen molar-refractivity contribution >= 4 is 11.6 Å². The number of methoxy groups -OCH3 is 1. The van der Waals surface area contributed by atoms with E-state index in [1.165, 1.54) is 5.56 Å². The Morgan fingerprint density at radius 1 is 1.38 bits per heavy atom. The zero-order valence-corrected chi connectivity index (χ0v) is 10.3. The summed E-state index contributed by atoms with van der Waals surface area (Å²) in [7, 11) is 1.69. The standard InChI is InChI=1S/C12H17ClN2O/c1-16-12-8-11(13)3-2-10(12)9-15-6-4-14-5-7-15/h2-3,8,14H,4-7,9H2,1H3. The van der Waals surface area contributed by atoms with Crippen molar-refractivity contribution in [1.29, 1.82) is 0 Å². The third-order valence-corrected chi connectivity index (χ3v) is 3.09. The minimum Gasteiger partial charge on any atom is -0.496 e. The van der Waals surface area contributed by atoms with Crippen molar-refractivity contribution in [3.05, 3.63) is 28.8 Å². The van der Waals surface area contributed by atoms with Crippen LogP contribution in [-0.4, -0.2) is 38.2 Å². The number of ether oxygens (including phenoxy) is 1. The molecule has 0 bridgehead atoms. The summed E-state index contributed by atoms with van der Waals surface area (Å²) < 4.78 is 5.34. The number of benzene rings is 1. The molecule has 3 nitrogen and oxygen atoms in total. The molecule has 1 aliphatic heterocycles. The van der Waals surface area contributed by atoms with Crippen LogP contribution in [0.15, 0.2) is 18.2 Å². The molecule has 0 saturated carbocycles. The van der Waals surface area contributed by atoms with E-state index in [0.717, 1.165) is 43.5 Å². The molecule has 88 valence electrons. The van der Waals surface area contributed by atoms with E-state index in [-0.39, 0.29) is 0 Å². The van der Waals surface area contributed by atoms with Crippen LogP contribution in [0.2, 0.25) is 5.02 Å². The van der Waals surface area contributed by atoms with E-state index >= 15 is 0 Å². The van der Waals surface area contributed by atoms with Gasteiger partial charge in [0.2, 0.25) is 0 Å². The molecule has 1 saturated heterocycles. The lowest BCUT2D eigenvalue weighted by molar-refractivity contribution is 0.230. The van der Waals surface area contributed by atoms with E-state index < -0.39 is 0 Å². The summed E-state index contributed by atoms with van der Waals surface area (Å²) in [5.74, 6) is 0.881. The van der Waals surface area contributed by atoms with Gasteiger partial charge in [0.25, 0.3) is 0 Å². The van der Waals surface area contributed by atoms with Gasteiger partial charge in [-0.05, 0) is 12.1 Å². The summed E-state index contributed by atoms with van der Waals surface area (Å²) >= 11 is 5.93. The van der Waals surface area contributed by atoms with Gasteiger partial charge in [0.1, 0.15) is 5.75 Å². The molecule has 16 heavy (non-hydrogen) atoms. The molecule has 0 atom stereocenters. The zero-order chi connectivity index (χ0) is 11.4. The van der Waals surface area contributed by atoms with E-state index in [2.05, 4.69) is 10.2 Å². The zero-order valence-electron chi connectivity index (χ0n) is 9.50. The first-order valence-electron chi connectivity index (χ1n) is 5.55.